The largest absolute Gasteiger partial charge is 0.271 e. The Morgan fingerprint density at radius 1 is 1.33 bits per heavy atom. The van der Waals surface area contributed by atoms with Crippen molar-refractivity contribution in [2.24, 2.45) is 0 Å². The third kappa shape index (κ3) is 1.69. The second kappa shape index (κ2) is 3.63. The van der Waals surface area contributed by atoms with Gasteiger partial charge in [-0.25, -0.2) is 0 Å². The van der Waals surface area contributed by atoms with Gasteiger partial charge in [0.25, 0.3) is 0 Å². The summed E-state index contributed by atoms with van der Waals surface area (Å²) in [6, 6.07) is 10.7. The summed E-state index contributed by atoms with van der Waals surface area (Å²) in [5, 5.41) is 4.41. The van der Waals surface area contributed by atoms with E-state index in [0.29, 0.717) is 5.92 Å². The lowest BCUT2D eigenvalue weighted by molar-refractivity contribution is 0.473. The van der Waals surface area contributed by atoms with Gasteiger partial charge in [-0.2, -0.15) is 5.10 Å². The molecule has 3 heteroatoms. The molecule has 1 heterocycles. The number of nitrogens with zero attached hydrogens (tertiary/aromatic N) is 2. The molecule has 1 aromatic carbocycles. The van der Waals surface area contributed by atoms with E-state index in [1.807, 2.05) is 10.7 Å². The number of fused-ring (bicyclic) bond motifs is 1. The second-order valence-corrected chi connectivity index (χ2v) is 5.07. The second-order valence-electron chi connectivity index (χ2n) is 3.96. The first-order chi connectivity index (χ1) is 7.33. The van der Waals surface area contributed by atoms with Gasteiger partial charge in [-0.05, 0) is 46.2 Å². The minimum Gasteiger partial charge on any atom is -0.271 e. The number of benzene rings is 1. The Hall–Kier alpha value is -0.840. The van der Waals surface area contributed by atoms with E-state index < -0.39 is 0 Å². The van der Waals surface area contributed by atoms with Gasteiger partial charge in [0.1, 0.15) is 3.70 Å². The van der Waals surface area contributed by atoms with Crippen LogP contribution in [0.3, 0.4) is 0 Å². The van der Waals surface area contributed by atoms with Crippen molar-refractivity contribution < 1.29 is 0 Å². The maximum Gasteiger partial charge on any atom is 0.123 e. The van der Waals surface area contributed by atoms with Crippen LogP contribution in [-0.2, 0) is 13.0 Å². The van der Waals surface area contributed by atoms with Crippen LogP contribution < -0.4 is 0 Å². The van der Waals surface area contributed by atoms with E-state index in [1.54, 1.807) is 0 Å². The maximum absolute atomic E-state index is 4.41. The highest BCUT2D eigenvalue weighted by Gasteiger charge is 2.25. The van der Waals surface area contributed by atoms with E-state index in [2.05, 4.69) is 58.2 Å². The summed E-state index contributed by atoms with van der Waals surface area (Å²) in [5.74, 6) is 0.664. The molecule has 1 aliphatic carbocycles. The fourth-order valence-electron chi connectivity index (χ4n) is 2.19. The Labute approximate surface area is 102 Å². The van der Waals surface area contributed by atoms with E-state index in [4.69, 9.17) is 0 Å². The highest BCUT2D eigenvalue weighted by atomic mass is 127. The molecule has 1 aliphatic rings. The van der Waals surface area contributed by atoms with Gasteiger partial charge in [0.2, 0.25) is 0 Å². The fourth-order valence-corrected chi connectivity index (χ4v) is 2.63. The molecule has 3 rings (SSSR count). The Kier molecular flexibility index (Phi) is 2.27. The molecular weight excluding hydrogens is 299 g/mol. The topological polar surface area (TPSA) is 17.8 Å². The Morgan fingerprint density at radius 2 is 2.20 bits per heavy atom. The molecule has 0 radical (unpaired) electrons. The zero-order valence-electron chi connectivity index (χ0n) is 8.23. The summed E-state index contributed by atoms with van der Waals surface area (Å²) >= 11 is 2.25. The first-order valence-corrected chi connectivity index (χ1v) is 6.17. The zero-order chi connectivity index (χ0) is 10.3. The van der Waals surface area contributed by atoms with Crippen LogP contribution in [0.5, 0.6) is 0 Å². The molecule has 0 amide bonds. The lowest BCUT2D eigenvalue weighted by Gasteiger charge is -2.29. The molecule has 0 fully saturated rings. The average molecular weight is 310 g/mol. The van der Waals surface area contributed by atoms with Crippen LogP contribution in [0, 0.1) is 3.70 Å². The summed E-state index contributed by atoms with van der Waals surface area (Å²) in [5.41, 5.74) is 3.01. The molecular formula is C12H11IN2. The van der Waals surface area contributed by atoms with E-state index in [0.717, 1.165) is 10.2 Å². The van der Waals surface area contributed by atoms with E-state index in [1.165, 1.54) is 17.5 Å². The molecule has 1 atom stereocenters. The Balaban J connectivity index is 1.78. The van der Waals surface area contributed by atoms with Crippen molar-refractivity contribution >= 4 is 22.6 Å². The highest BCUT2D eigenvalue weighted by Crippen LogP contribution is 2.35. The molecule has 0 saturated carbocycles. The minimum absolute atomic E-state index is 0.664. The first kappa shape index (κ1) is 9.39. The SMILES string of the molecule is Ic1ccn(CC2Cc3ccccc32)n1. The molecule has 0 N–H and O–H groups in total. The molecule has 15 heavy (non-hydrogen) atoms. The van der Waals surface area contributed by atoms with Crippen molar-refractivity contribution in [2.75, 3.05) is 0 Å². The predicted octanol–water partition coefficient (Wildman–Crippen LogP) is 2.83. The number of halogens is 1. The standard InChI is InChI=1S/C12H11IN2/c13-12-5-6-15(14-12)8-10-7-9-3-1-2-4-11(9)10/h1-6,10H,7-8H2. The number of rotatable bonds is 2. The van der Waals surface area contributed by atoms with E-state index in [-0.39, 0.29) is 0 Å². The third-order valence-electron chi connectivity index (χ3n) is 2.98. The van der Waals surface area contributed by atoms with Crippen molar-refractivity contribution in [1.82, 2.24) is 9.78 Å². The number of hydrogen-bond donors (Lipinski definition) is 0. The quantitative estimate of drug-likeness (QED) is 0.780. The maximum atomic E-state index is 4.41. The molecule has 76 valence electrons. The van der Waals surface area contributed by atoms with Crippen molar-refractivity contribution in [1.29, 1.82) is 0 Å². The number of aromatic nitrogens is 2. The average Bonchev–Trinajstić information content (AvgIpc) is 2.61. The van der Waals surface area contributed by atoms with E-state index >= 15 is 0 Å². The van der Waals surface area contributed by atoms with Gasteiger partial charge < -0.3 is 0 Å². The fraction of sp³-hybridized carbons (Fsp3) is 0.250. The summed E-state index contributed by atoms with van der Waals surface area (Å²) < 4.78 is 3.11. The normalized spacial score (nSPS) is 18.3. The minimum atomic E-state index is 0.664. The molecule has 0 saturated heterocycles. The van der Waals surface area contributed by atoms with Crippen molar-refractivity contribution in [3.05, 3.63) is 51.4 Å². The van der Waals surface area contributed by atoms with Crippen LogP contribution in [0.15, 0.2) is 36.5 Å². The predicted molar refractivity (Wildman–Crippen MR) is 67.8 cm³/mol. The van der Waals surface area contributed by atoms with Crippen molar-refractivity contribution in [3.63, 3.8) is 0 Å². The smallest absolute Gasteiger partial charge is 0.123 e. The molecule has 1 aromatic heterocycles. The zero-order valence-corrected chi connectivity index (χ0v) is 10.4. The van der Waals surface area contributed by atoms with Gasteiger partial charge in [0.05, 0.1) is 0 Å². The van der Waals surface area contributed by atoms with Gasteiger partial charge in [0, 0.05) is 18.7 Å². The van der Waals surface area contributed by atoms with Crippen LogP contribution in [0.4, 0.5) is 0 Å². The monoisotopic (exact) mass is 310 g/mol. The molecule has 0 aliphatic heterocycles. The first-order valence-electron chi connectivity index (χ1n) is 5.10. The molecule has 2 aromatic rings. The van der Waals surface area contributed by atoms with Gasteiger partial charge >= 0.3 is 0 Å². The lowest BCUT2D eigenvalue weighted by Crippen LogP contribution is -2.22. The van der Waals surface area contributed by atoms with Crippen molar-refractivity contribution in [3.8, 4) is 0 Å². The number of hydrogen-bond acceptors (Lipinski definition) is 1. The summed E-state index contributed by atoms with van der Waals surface area (Å²) in [6.45, 7) is 1.01. The van der Waals surface area contributed by atoms with Crippen LogP contribution in [0.1, 0.15) is 17.0 Å². The van der Waals surface area contributed by atoms with Gasteiger partial charge in [-0.15, -0.1) is 0 Å². The molecule has 1 unspecified atom stereocenters. The molecule has 2 nitrogen and oxygen atoms in total. The summed E-state index contributed by atoms with van der Waals surface area (Å²) in [6.07, 6.45) is 3.26. The highest BCUT2D eigenvalue weighted by molar-refractivity contribution is 14.1. The van der Waals surface area contributed by atoms with Crippen molar-refractivity contribution in [2.45, 2.75) is 18.9 Å². The van der Waals surface area contributed by atoms with Crippen LogP contribution in [0.2, 0.25) is 0 Å². The van der Waals surface area contributed by atoms with Gasteiger partial charge in [-0.3, -0.25) is 4.68 Å². The molecule has 0 spiro atoms. The van der Waals surface area contributed by atoms with Gasteiger partial charge in [-0.1, -0.05) is 24.3 Å². The molecule has 0 bridgehead atoms. The van der Waals surface area contributed by atoms with Crippen LogP contribution in [-0.4, -0.2) is 9.78 Å². The van der Waals surface area contributed by atoms with E-state index in [9.17, 15) is 0 Å². The Morgan fingerprint density at radius 3 is 2.93 bits per heavy atom. The Bertz CT molecular complexity index is 490. The lowest BCUT2D eigenvalue weighted by atomic mass is 9.78. The van der Waals surface area contributed by atoms with Gasteiger partial charge in [0.15, 0.2) is 0 Å². The van der Waals surface area contributed by atoms with Crippen LogP contribution in [0.25, 0.3) is 0 Å². The summed E-state index contributed by atoms with van der Waals surface area (Å²) in [7, 11) is 0. The van der Waals surface area contributed by atoms with Crippen LogP contribution >= 0.6 is 22.6 Å². The summed E-state index contributed by atoms with van der Waals surface area (Å²) in [4.78, 5) is 0. The third-order valence-corrected chi connectivity index (χ3v) is 3.55.